The first-order chi connectivity index (χ1) is 8.10. The number of aliphatic hydroxyl groups is 1. The zero-order valence-electron chi connectivity index (χ0n) is 9.81. The van der Waals surface area contributed by atoms with Crippen LogP contribution in [0.4, 0.5) is 5.69 Å². The van der Waals surface area contributed by atoms with Gasteiger partial charge in [-0.25, -0.2) is 4.68 Å². The number of aliphatic hydroxyl groups excluding tert-OH is 1. The van der Waals surface area contributed by atoms with Crippen LogP contribution >= 0.6 is 15.9 Å². The van der Waals surface area contributed by atoms with E-state index in [1.807, 2.05) is 6.92 Å². The zero-order valence-corrected chi connectivity index (χ0v) is 11.4. The lowest BCUT2D eigenvalue weighted by atomic mass is 10.3. The lowest BCUT2D eigenvalue weighted by Crippen LogP contribution is -2.27. The molecule has 0 fully saturated rings. The van der Waals surface area contributed by atoms with Crippen molar-refractivity contribution in [3.63, 3.8) is 0 Å². The van der Waals surface area contributed by atoms with Gasteiger partial charge in [0.05, 0.1) is 31.1 Å². The average Bonchev–Trinajstić information content (AvgIpc) is 2.34. The largest absolute Gasteiger partial charge is 0.394 e. The third kappa shape index (κ3) is 3.79. The molecule has 0 aromatic carbocycles. The summed E-state index contributed by atoms with van der Waals surface area (Å²) in [7, 11) is 1.62. The number of hydrogen-bond donors (Lipinski definition) is 2. The zero-order chi connectivity index (χ0) is 12.8. The van der Waals surface area contributed by atoms with Gasteiger partial charge in [0, 0.05) is 13.7 Å². The highest BCUT2D eigenvalue weighted by Gasteiger charge is 2.09. The van der Waals surface area contributed by atoms with Crippen molar-refractivity contribution in [2.45, 2.75) is 19.6 Å². The van der Waals surface area contributed by atoms with Crippen molar-refractivity contribution in [3.05, 3.63) is 21.0 Å². The Bertz CT molecular complexity index is 422. The molecule has 96 valence electrons. The molecular weight excluding hydrogens is 290 g/mol. The molecular formula is C10H16BrN3O3. The summed E-state index contributed by atoms with van der Waals surface area (Å²) in [5, 5.41) is 15.8. The number of rotatable bonds is 6. The van der Waals surface area contributed by atoms with Gasteiger partial charge in [-0.05, 0) is 22.9 Å². The molecule has 2 N–H and O–H groups in total. The minimum absolute atomic E-state index is 0.0433. The number of nitrogens with zero attached hydrogens (tertiary/aromatic N) is 2. The van der Waals surface area contributed by atoms with Crippen molar-refractivity contribution in [2.24, 2.45) is 0 Å². The van der Waals surface area contributed by atoms with E-state index in [9.17, 15) is 4.79 Å². The Kier molecular flexibility index (Phi) is 5.60. The first-order valence-electron chi connectivity index (χ1n) is 5.23. The third-order valence-electron chi connectivity index (χ3n) is 2.28. The number of hydrogen-bond acceptors (Lipinski definition) is 5. The molecule has 6 nitrogen and oxygen atoms in total. The van der Waals surface area contributed by atoms with Gasteiger partial charge in [0.2, 0.25) is 0 Å². The van der Waals surface area contributed by atoms with E-state index >= 15 is 0 Å². The molecule has 1 aromatic rings. The normalized spacial score (nSPS) is 12.5. The van der Waals surface area contributed by atoms with Crippen LogP contribution in [0.3, 0.4) is 0 Å². The fourth-order valence-corrected chi connectivity index (χ4v) is 1.63. The summed E-state index contributed by atoms with van der Waals surface area (Å²) in [6.45, 7) is 2.57. The highest BCUT2D eigenvalue weighted by molar-refractivity contribution is 9.10. The van der Waals surface area contributed by atoms with E-state index in [0.717, 1.165) is 0 Å². The van der Waals surface area contributed by atoms with E-state index in [1.165, 1.54) is 4.68 Å². The molecule has 0 aliphatic carbocycles. The van der Waals surface area contributed by atoms with Crippen LogP contribution in [0.1, 0.15) is 6.92 Å². The monoisotopic (exact) mass is 305 g/mol. The molecule has 0 spiro atoms. The summed E-state index contributed by atoms with van der Waals surface area (Å²) in [5.41, 5.74) is 0.349. The van der Waals surface area contributed by atoms with Gasteiger partial charge < -0.3 is 15.2 Å². The number of halogens is 1. The quantitative estimate of drug-likeness (QED) is 0.798. The topological polar surface area (TPSA) is 76.4 Å². The van der Waals surface area contributed by atoms with Crippen LogP contribution in [0.25, 0.3) is 0 Å². The molecule has 0 saturated heterocycles. The molecule has 17 heavy (non-hydrogen) atoms. The van der Waals surface area contributed by atoms with Crippen LogP contribution in [0, 0.1) is 0 Å². The van der Waals surface area contributed by atoms with Gasteiger partial charge in [-0.2, -0.15) is 5.10 Å². The fraction of sp³-hybridized carbons (Fsp3) is 0.600. The Morgan fingerprint density at radius 2 is 2.41 bits per heavy atom. The second-order valence-corrected chi connectivity index (χ2v) is 4.34. The highest BCUT2D eigenvalue weighted by Crippen LogP contribution is 2.15. The summed E-state index contributed by atoms with van der Waals surface area (Å²) >= 11 is 3.21. The molecule has 1 aromatic heterocycles. The summed E-state index contributed by atoms with van der Waals surface area (Å²) < 4.78 is 6.70. The van der Waals surface area contributed by atoms with Crippen LogP contribution in [0.2, 0.25) is 0 Å². The van der Waals surface area contributed by atoms with Crippen molar-refractivity contribution in [2.75, 3.05) is 25.6 Å². The molecule has 1 heterocycles. The minimum Gasteiger partial charge on any atom is -0.394 e. The SMILES string of the molecule is COC(C)CNc1cnn(CCO)c(=O)c1Br. The van der Waals surface area contributed by atoms with Crippen molar-refractivity contribution < 1.29 is 9.84 Å². The van der Waals surface area contributed by atoms with Gasteiger partial charge in [0.25, 0.3) is 5.56 Å². The van der Waals surface area contributed by atoms with E-state index < -0.39 is 0 Å². The molecule has 0 saturated carbocycles. The van der Waals surface area contributed by atoms with E-state index in [1.54, 1.807) is 13.3 Å². The van der Waals surface area contributed by atoms with Crippen molar-refractivity contribution >= 4 is 21.6 Å². The summed E-state index contributed by atoms with van der Waals surface area (Å²) in [4.78, 5) is 11.8. The first-order valence-corrected chi connectivity index (χ1v) is 6.02. The Labute approximate surface area is 108 Å². The molecule has 1 unspecified atom stereocenters. The van der Waals surface area contributed by atoms with Gasteiger partial charge in [0.15, 0.2) is 0 Å². The van der Waals surface area contributed by atoms with E-state index in [0.29, 0.717) is 16.7 Å². The first kappa shape index (κ1) is 14.1. The summed E-state index contributed by atoms with van der Waals surface area (Å²) in [6.07, 6.45) is 1.59. The van der Waals surface area contributed by atoms with Gasteiger partial charge in [-0.15, -0.1) is 0 Å². The smallest absolute Gasteiger partial charge is 0.283 e. The molecule has 0 amide bonds. The third-order valence-corrected chi connectivity index (χ3v) is 3.05. The van der Waals surface area contributed by atoms with Crippen LogP contribution in [-0.2, 0) is 11.3 Å². The number of ether oxygens (including phenoxy) is 1. The maximum Gasteiger partial charge on any atom is 0.283 e. The Morgan fingerprint density at radius 3 is 3.00 bits per heavy atom. The van der Waals surface area contributed by atoms with E-state index in [4.69, 9.17) is 9.84 Å². The van der Waals surface area contributed by atoms with Crippen LogP contribution in [-0.4, -0.2) is 41.3 Å². The van der Waals surface area contributed by atoms with Gasteiger partial charge >= 0.3 is 0 Å². The Balaban J connectivity index is 2.82. The van der Waals surface area contributed by atoms with E-state index in [-0.39, 0.29) is 24.8 Å². The number of aromatic nitrogens is 2. The van der Waals surface area contributed by atoms with Gasteiger partial charge in [-0.3, -0.25) is 4.79 Å². The van der Waals surface area contributed by atoms with E-state index in [2.05, 4.69) is 26.3 Å². The van der Waals surface area contributed by atoms with Crippen molar-refractivity contribution in [3.8, 4) is 0 Å². The molecule has 0 bridgehead atoms. The van der Waals surface area contributed by atoms with Crippen LogP contribution < -0.4 is 10.9 Å². The lowest BCUT2D eigenvalue weighted by Gasteiger charge is -2.13. The second-order valence-electron chi connectivity index (χ2n) is 3.55. The van der Waals surface area contributed by atoms with Crippen molar-refractivity contribution in [1.29, 1.82) is 0 Å². The summed E-state index contributed by atoms with van der Waals surface area (Å²) in [6, 6.07) is 0. The lowest BCUT2D eigenvalue weighted by molar-refractivity contribution is 0.129. The summed E-state index contributed by atoms with van der Waals surface area (Å²) in [5.74, 6) is 0. The predicted octanol–water partition coefficient (Wildman–Crippen LogP) is 0.445. The standard InChI is InChI=1S/C10H16BrN3O3/c1-7(17-2)5-12-8-6-13-14(3-4-15)10(16)9(8)11/h6-7,12,15H,3-5H2,1-2H3. The number of methoxy groups -OCH3 is 1. The molecule has 7 heteroatoms. The number of anilines is 1. The molecule has 0 aliphatic rings. The predicted molar refractivity (Wildman–Crippen MR) is 68.2 cm³/mol. The molecule has 0 aliphatic heterocycles. The van der Waals surface area contributed by atoms with Crippen LogP contribution in [0.15, 0.2) is 15.5 Å². The van der Waals surface area contributed by atoms with Gasteiger partial charge in [0.1, 0.15) is 4.47 Å². The van der Waals surface area contributed by atoms with Crippen LogP contribution in [0.5, 0.6) is 0 Å². The number of nitrogens with one attached hydrogen (secondary N) is 1. The maximum atomic E-state index is 11.8. The van der Waals surface area contributed by atoms with Gasteiger partial charge in [-0.1, -0.05) is 0 Å². The maximum absolute atomic E-state index is 11.8. The molecule has 0 radical (unpaired) electrons. The molecule has 1 rings (SSSR count). The Hall–Kier alpha value is -0.920. The van der Waals surface area contributed by atoms with Crippen molar-refractivity contribution in [1.82, 2.24) is 9.78 Å². The molecule has 1 atom stereocenters. The highest BCUT2D eigenvalue weighted by atomic mass is 79.9. The second kappa shape index (κ2) is 6.73. The minimum atomic E-state index is -0.269. The Morgan fingerprint density at radius 1 is 1.71 bits per heavy atom. The fourth-order valence-electron chi connectivity index (χ4n) is 1.18. The average molecular weight is 306 g/mol.